The fourth-order valence-corrected chi connectivity index (χ4v) is 1.17. The van der Waals surface area contributed by atoms with Gasteiger partial charge < -0.3 is 0 Å². The molecule has 1 aromatic rings. The minimum Gasteiger partial charge on any atom is -0.292 e. The van der Waals surface area contributed by atoms with Crippen molar-refractivity contribution in [3.05, 3.63) is 35.9 Å². The van der Waals surface area contributed by atoms with Crippen molar-refractivity contribution in [3.8, 4) is 0 Å². The van der Waals surface area contributed by atoms with Gasteiger partial charge in [0.05, 0.1) is 6.61 Å². The van der Waals surface area contributed by atoms with Gasteiger partial charge in [-0.2, -0.15) is 0 Å². The van der Waals surface area contributed by atoms with Crippen LogP contribution < -0.4 is 16.9 Å². The first-order valence-corrected chi connectivity index (χ1v) is 5.45. The molecule has 0 fully saturated rings. The van der Waals surface area contributed by atoms with Crippen LogP contribution in [0.1, 0.15) is 5.56 Å². The monoisotopic (exact) mass is 275 g/mol. The summed E-state index contributed by atoms with van der Waals surface area (Å²) >= 11 is 0. The molecule has 0 aliphatic carbocycles. The topological polar surface area (TPSA) is 113 Å². The van der Waals surface area contributed by atoms with Gasteiger partial charge in [0.15, 0.2) is 0 Å². The van der Waals surface area contributed by atoms with Crippen LogP contribution in [0.4, 0.5) is 0 Å². The Kier molecular flexibility index (Phi) is 9.01. The fourth-order valence-electron chi connectivity index (χ4n) is 1.17. The molecule has 0 spiro atoms. The Bertz CT molecular complexity index is 307. The molecule has 0 radical (unpaired) electrons. The third-order valence-corrected chi connectivity index (χ3v) is 2.02. The van der Waals surface area contributed by atoms with Gasteiger partial charge in [0.25, 0.3) is 0 Å². The predicted octanol–water partition coefficient (Wildman–Crippen LogP) is -0.171. The molecule has 108 valence electrons. The van der Waals surface area contributed by atoms with Crippen LogP contribution in [0.5, 0.6) is 0 Å². The van der Waals surface area contributed by atoms with Crippen molar-refractivity contribution in [1.82, 2.24) is 16.9 Å². The largest absolute Gasteiger partial charge is 0.292 e. The lowest BCUT2D eigenvalue weighted by molar-refractivity contribution is -0.253. The summed E-state index contributed by atoms with van der Waals surface area (Å²) in [5.41, 5.74) is 6.25. The van der Waals surface area contributed by atoms with E-state index in [0.29, 0.717) is 6.61 Å². The molecule has 5 N–H and O–H groups in total. The van der Waals surface area contributed by atoms with Gasteiger partial charge in [0.1, 0.15) is 19.3 Å². The molecule has 0 aliphatic rings. The summed E-state index contributed by atoms with van der Waals surface area (Å²) in [6, 6.07) is 9.49. The van der Waals surface area contributed by atoms with Crippen LogP contribution in [0.2, 0.25) is 0 Å². The summed E-state index contributed by atoms with van der Waals surface area (Å²) in [5, 5.41) is 16.6. The van der Waals surface area contributed by atoms with Gasteiger partial charge in [-0.05, 0) is 5.56 Å². The first-order chi connectivity index (χ1) is 9.36. The van der Waals surface area contributed by atoms with Crippen LogP contribution in [0.3, 0.4) is 0 Å². The van der Waals surface area contributed by atoms with E-state index in [1.807, 2.05) is 30.3 Å². The van der Waals surface area contributed by atoms with Crippen LogP contribution in [0.25, 0.3) is 0 Å². The van der Waals surface area contributed by atoms with E-state index in [2.05, 4.69) is 15.3 Å². The minimum atomic E-state index is -0.630. The van der Waals surface area contributed by atoms with Gasteiger partial charge >= 0.3 is 0 Å². The number of hydrogen-bond acceptors (Lipinski definition) is 9. The summed E-state index contributed by atoms with van der Waals surface area (Å²) in [6.07, 6.45) is -0.630. The third-order valence-electron chi connectivity index (χ3n) is 2.02. The van der Waals surface area contributed by atoms with Crippen LogP contribution in [-0.4, -0.2) is 29.7 Å². The van der Waals surface area contributed by atoms with E-state index in [-0.39, 0.29) is 13.2 Å². The SMILES string of the molecule is ONOCC(CONO)ONOCc1ccccc1. The summed E-state index contributed by atoms with van der Waals surface area (Å²) in [5.74, 6) is 0. The van der Waals surface area contributed by atoms with E-state index < -0.39 is 6.10 Å². The molecule has 0 atom stereocenters. The lowest BCUT2D eigenvalue weighted by Crippen LogP contribution is -2.35. The zero-order valence-electron chi connectivity index (χ0n) is 10.1. The zero-order valence-corrected chi connectivity index (χ0v) is 10.1. The summed E-state index contributed by atoms with van der Waals surface area (Å²) in [6.45, 7) is 0.228. The molecular weight excluding hydrogens is 258 g/mol. The molecule has 9 heteroatoms. The van der Waals surface area contributed by atoms with E-state index in [1.54, 1.807) is 0 Å². The van der Waals surface area contributed by atoms with Crippen molar-refractivity contribution >= 4 is 0 Å². The van der Waals surface area contributed by atoms with Crippen molar-refractivity contribution in [1.29, 1.82) is 0 Å². The van der Waals surface area contributed by atoms with Crippen molar-refractivity contribution in [3.63, 3.8) is 0 Å². The third kappa shape index (κ3) is 7.79. The Labute approximate surface area is 109 Å². The van der Waals surface area contributed by atoms with Crippen molar-refractivity contribution in [2.45, 2.75) is 12.7 Å². The number of rotatable bonds is 11. The van der Waals surface area contributed by atoms with Gasteiger partial charge in [0, 0.05) is 0 Å². The maximum absolute atomic E-state index is 8.28. The van der Waals surface area contributed by atoms with Crippen LogP contribution in [-0.2, 0) is 26.0 Å². The molecule has 0 aliphatic heterocycles. The van der Waals surface area contributed by atoms with E-state index in [4.69, 9.17) is 20.1 Å². The summed E-state index contributed by atoms with van der Waals surface area (Å²) in [4.78, 5) is 19.1. The van der Waals surface area contributed by atoms with Gasteiger partial charge in [-0.15, -0.1) is 0 Å². The molecule has 0 amide bonds. The van der Waals surface area contributed by atoms with E-state index >= 15 is 0 Å². The normalized spacial score (nSPS) is 11.1. The van der Waals surface area contributed by atoms with Crippen molar-refractivity contribution in [2.24, 2.45) is 0 Å². The number of hydrogen-bond donors (Lipinski definition) is 5. The fraction of sp³-hybridized carbons (Fsp3) is 0.400. The Morgan fingerprint density at radius 1 is 0.947 bits per heavy atom. The van der Waals surface area contributed by atoms with E-state index in [1.165, 1.54) is 11.3 Å². The quantitative estimate of drug-likeness (QED) is 0.277. The van der Waals surface area contributed by atoms with Gasteiger partial charge in [-0.25, -0.2) is 0 Å². The highest BCUT2D eigenvalue weighted by atomic mass is 16.9. The van der Waals surface area contributed by atoms with Crippen LogP contribution in [0, 0.1) is 0 Å². The maximum Gasteiger partial charge on any atom is 0.132 e. The van der Waals surface area contributed by atoms with Crippen molar-refractivity contribution in [2.75, 3.05) is 13.2 Å². The molecule has 1 rings (SSSR count). The molecule has 0 bridgehead atoms. The van der Waals surface area contributed by atoms with E-state index in [0.717, 1.165) is 5.56 Å². The van der Waals surface area contributed by atoms with Gasteiger partial charge in [0.2, 0.25) is 0 Å². The van der Waals surface area contributed by atoms with Gasteiger partial charge in [-0.3, -0.25) is 29.8 Å². The smallest absolute Gasteiger partial charge is 0.132 e. The highest BCUT2D eigenvalue weighted by Crippen LogP contribution is 1.99. The molecule has 9 nitrogen and oxygen atoms in total. The highest BCUT2D eigenvalue weighted by Gasteiger charge is 2.11. The molecule has 0 unspecified atom stereocenters. The Morgan fingerprint density at radius 2 is 1.58 bits per heavy atom. The average Bonchev–Trinajstić information content (AvgIpc) is 2.46. The standard InChI is InChI=1S/C10H17N3O6/c14-11-16-7-10(8-17-12-15)19-13-18-6-9-4-2-1-3-5-9/h1-5,10-15H,6-8H2. The molecule has 0 saturated heterocycles. The molecular formula is C10H17N3O6. The zero-order chi connectivity index (χ0) is 13.8. The van der Waals surface area contributed by atoms with E-state index in [9.17, 15) is 0 Å². The second-order valence-electron chi connectivity index (χ2n) is 3.40. The minimum absolute atomic E-state index is 0.0418. The molecule has 0 heterocycles. The van der Waals surface area contributed by atoms with Gasteiger partial charge in [-0.1, -0.05) is 47.3 Å². The predicted molar refractivity (Wildman–Crippen MR) is 61.0 cm³/mol. The second kappa shape index (κ2) is 10.8. The Balaban J connectivity index is 2.16. The van der Waals surface area contributed by atoms with Crippen LogP contribution in [0.15, 0.2) is 30.3 Å². The van der Waals surface area contributed by atoms with Crippen molar-refractivity contribution < 1.29 is 29.8 Å². The second-order valence-corrected chi connectivity index (χ2v) is 3.40. The highest BCUT2D eigenvalue weighted by molar-refractivity contribution is 5.13. The number of benzene rings is 1. The molecule has 0 saturated carbocycles. The summed E-state index contributed by atoms with van der Waals surface area (Å²) < 4.78 is 0. The summed E-state index contributed by atoms with van der Waals surface area (Å²) in [7, 11) is 0. The molecule has 19 heavy (non-hydrogen) atoms. The first-order valence-electron chi connectivity index (χ1n) is 5.45. The maximum atomic E-state index is 8.28. The number of nitrogens with one attached hydrogen (secondary N) is 3. The Hall–Kier alpha value is -1.14. The lowest BCUT2D eigenvalue weighted by atomic mass is 10.2. The molecule has 0 aromatic heterocycles. The molecule has 1 aromatic carbocycles. The average molecular weight is 275 g/mol. The lowest BCUT2D eigenvalue weighted by Gasteiger charge is -2.16. The first kappa shape index (κ1) is 15.9. The Morgan fingerprint density at radius 3 is 2.16 bits per heavy atom. The van der Waals surface area contributed by atoms with Crippen LogP contribution >= 0.6 is 0 Å².